The zero-order valence-electron chi connectivity index (χ0n) is 10.3. The Kier molecular flexibility index (Phi) is 6.69. The summed E-state index contributed by atoms with van der Waals surface area (Å²) in [4.78, 5) is 0. The maximum absolute atomic E-state index is 5.21. The molecular weight excluding hydrogens is 206 g/mol. The first-order chi connectivity index (χ1) is 7.30. The van der Waals surface area contributed by atoms with E-state index >= 15 is 0 Å². The van der Waals surface area contributed by atoms with E-state index in [1.54, 1.807) is 7.11 Å². The van der Waals surface area contributed by atoms with E-state index in [1.165, 1.54) is 25.7 Å². The number of nitrogens with one attached hydrogen (secondary N) is 1. The van der Waals surface area contributed by atoms with Crippen LogP contribution in [0.2, 0.25) is 0 Å². The molecule has 0 aromatic rings. The van der Waals surface area contributed by atoms with Gasteiger partial charge in [0.1, 0.15) is 0 Å². The summed E-state index contributed by atoms with van der Waals surface area (Å²) in [6.45, 7) is 3.07. The monoisotopic (exact) mass is 231 g/mol. The van der Waals surface area contributed by atoms with Crippen LogP contribution in [0.5, 0.6) is 0 Å². The van der Waals surface area contributed by atoms with Crippen molar-refractivity contribution in [3.05, 3.63) is 0 Å². The highest BCUT2D eigenvalue weighted by atomic mass is 32.2. The Morgan fingerprint density at radius 2 is 2.00 bits per heavy atom. The van der Waals surface area contributed by atoms with Crippen molar-refractivity contribution in [2.75, 3.05) is 20.0 Å². The summed E-state index contributed by atoms with van der Waals surface area (Å²) in [7, 11) is 1.79. The third-order valence-electron chi connectivity index (χ3n) is 3.34. The molecule has 0 radical (unpaired) electrons. The minimum absolute atomic E-state index is 0.547. The van der Waals surface area contributed by atoms with E-state index in [9.17, 15) is 0 Å². The highest BCUT2D eigenvalue weighted by Gasteiger charge is 2.21. The van der Waals surface area contributed by atoms with E-state index in [2.05, 4.69) is 18.5 Å². The Bertz CT molecular complexity index is 158. The zero-order chi connectivity index (χ0) is 11.1. The predicted molar refractivity (Wildman–Crippen MR) is 68.6 cm³/mol. The van der Waals surface area contributed by atoms with Gasteiger partial charge >= 0.3 is 0 Å². The van der Waals surface area contributed by atoms with Gasteiger partial charge in [-0.15, -0.1) is 0 Å². The molecule has 3 heteroatoms. The molecule has 1 fully saturated rings. The van der Waals surface area contributed by atoms with Crippen molar-refractivity contribution in [3.63, 3.8) is 0 Å². The van der Waals surface area contributed by atoms with E-state index in [0.717, 1.165) is 24.3 Å². The van der Waals surface area contributed by atoms with Crippen LogP contribution in [0.3, 0.4) is 0 Å². The van der Waals surface area contributed by atoms with Gasteiger partial charge in [0.25, 0.3) is 0 Å². The van der Waals surface area contributed by atoms with E-state index in [0.29, 0.717) is 6.04 Å². The van der Waals surface area contributed by atoms with Crippen LogP contribution >= 0.6 is 11.8 Å². The standard InChI is InChI=1S/C12H25NOS/c1-4-10(9-14-2)13-11-5-7-12(15-3)8-6-11/h10-13H,4-9H2,1-3H3. The Labute approximate surface area is 98.5 Å². The molecule has 0 aromatic heterocycles. The lowest BCUT2D eigenvalue weighted by atomic mass is 9.94. The van der Waals surface area contributed by atoms with Crippen LogP contribution in [0.4, 0.5) is 0 Å². The molecule has 1 unspecified atom stereocenters. The van der Waals surface area contributed by atoms with Crippen LogP contribution in [-0.2, 0) is 4.74 Å². The number of methoxy groups -OCH3 is 1. The summed E-state index contributed by atoms with van der Waals surface area (Å²) in [5, 5.41) is 4.62. The molecule has 1 saturated carbocycles. The van der Waals surface area contributed by atoms with Gasteiger partial charge in [0.05, 0.1) is 6.61 Å². The Morgan fingerprint density at radius 1 is 1.33 bits per heavy atom. The molecule has 15 heavy (non-hydrogen) atoms. The molecule has 0 aromatic carbocycles. The van der Waals surface area contributed by atoms with Crippen molar-refractivity contribution in [2.45, 2.75) is 56.4 Å². The summed E-state index contributed by atoms with van der Waals surface area (Å²) >= 11 is 2.03. The molecule has 0 amide bonds. The van der Waals surface area contributed by atoms with Crippen LogP contribution in [0.1, 0.15) is 39.0 Å². The summed E-state index contributed by atoms with van der Waals surface area (Å²) < 4.78 is 5.21. The van der Waals surface area contributed by atoms with Gasteiger partial charge in [-0.1, -0.05) is 6.92 Å². The van der Waals surface area contributed by atoms with E-state index in [1.807, 2.05) is 11.8 Å². The topological polar surface area (TPSA) is 21.3 Å². The Morgan fingerprint density at radius 3 is 2.47 bits per heavy atom. The normalized spacial score (nSPS) is 29.0. The quantitative estimate of drug-likeness (QED) is 0.759. The van der Waals surface area contributed by atoms with Crippen molar-refractivity contribution >= 4 is 11.8 Å². The fourth-order valence-corrected chi connectivity index (χ4v) is 3.03. The average Bonchev–Trinajstić information content (AvgIpc) is 2.29. The first kappa shape index (κ1) is 13.3. The maximum Gasteiger partial charge on any atom is 0.0615 e. The second-order valence-electron chi connectivity index (χ2n) is 4.44. The third-order valence-corrected chi connectivity index (χ3v) is 4.48. The van der Waals surface area contributed by atoms with Crippen molar-refractivity contribution in [1.82, 2.24) is 5.32 Å². The average molecular weight is 231 g/mol. The number of hydrogen-bond donors (Lipinski definition) is 1. The minimum atomic E-state index is 0.547. The predicted octanol–water partition coefficient (Wildman–Crippen LogP) is 2.68. The second kappa shape index (κ2) is 7.53. The summed E-state index contributed by atoms with van der Waals surface area (Å²) in [5.41, 5.74) is 0. The molecule has 90 valence electrons. The van der Waals surface area contributed by atoms with Gasteiger partial charge in [-0.25, -0.2) is 0 Å². The molecule has 1 aliphatic rings. The molecule has 1 rings (SSSR count). The van der Waals surface area contributed by atoms with Gasteiger partial charge in [0, 0.05) is 24.4 Å². The fourth-order valence-electron chi connectivity index (χ4n) is 2.28. The number of thioether (sulfide) groups is 1. The molecule has 1 aliphatic carbocycles. The van der Waals surface area contributed by atoms with Gasteiger partial charge in [0.15, 0.2) is 0 Å². The number of hydrogen-bond acceptors (Lipinski definition) is 3. The van der Waals surface area contributed by atoms with Crippen molar-refractivity contribution in [1.29, 1.82) is 0 Å². The van der Waals surface area contributed by atoms with E-state index < -0.39 is 0 Å². The molecule has 0 aliphatic heterocycles. The van der Waals surface area contributed by atoms with Crippen LogP contribution in [0.25, 0.3) is 0 Å². The Hall–Kier alpha value is 0.270. The molecule has 1 N–H and O–H groups in total. The van der Waals surface area contributed by atoms with Crippen LogP contribution < -0.4 is 5.32 Å². The van der Waals surface area contributed by atoms with Gasteiger partial charge in [0.2, 0.25) is 0 Å². The highest BCUT2D eigenvalue weighted by Crippen LogP contribution is 2.27. The van der Waals surface area contributed by atoms with Crippen LogP contribution in [0.15, 0.2) is 0 Å². The molecule has 0 heterocycles. The van der Waals surface area contributed by atoms with E-state index in [-0.39, 0.29) is 0 Å². The van der Waals surface area contributed by atoms with Crippen molar-refractivity contribution in [2.24, 2.45) is 0 Å². The number of ether oxygens (including phenoxy) is 1. The molecule has 0 bridgehead atoms. The second-order valence-corrected chi connectivity index (χ2v) is 5.57. The van der Waals surface area contributed by atoms with Gasteiger partial charge in [-0.2, -0.15) is 11.8 Å². The first-order valence-electron chi connectivity index (χ1n) is 6.07. The molecule has 2 nitrogen and oxygen atoms in total. The maximum atomic E-state index is 5.21. The third kappa shape index (κ3) is 4.75. The largest absolute Gasteiger partial charge is 0.383 e. The molecule has 0 saturated heterocycles. The lowest BCUT2D eigenvalue weighted by Gasteiger charge is -2.31. The summed E-state index contributed by atoms with van der Waals surface area (Å²) in [5.74, 6) is 0. The smallest absolute Gasteiger partial charge is 0.0615 e. The number of rotatable bonds is 6. The van der Waals surface area contributed by atoms with Crippen molar-refractivity contribution < 1.29 is 4.74 Å². The molecule has 1 atom stereocenters. The highest BCUT2D eigenvalue weighted by molar-refractivity contribution is 7.99. The van der Waals surface area contributed by atoms with Crippen molar-refractivity contribution in [3.8, 4) is 0 Å². The van der Waals surface area contributed by atoms with E-state index in [4.69, 9.17) is 4.74 Å². The lowest BCUT2D eigenvalue weighted by Crippen LogP contribution is -2.42. The molecule has 0 spiro atoms. The van der Waals surface area contributed by atoms with Gasteiger partial charge in [-0.05, 0) is 38.4 Å². The zero-order valence-corrected chi connectivity index (χ0v) is 11.1. The van der Waals surface area contributed by atoms with Gasteiger partial charge in [-0.3, -0.25) is 0 Å². The summed E-state index contributed by atoms with van der Waals surface area (Å²) in [6.07, 6.45) is 8.83. The van der Waals surface area contributed by atoms with Gasteiger partial charge < -0.3 is 10.1 Å². The summed E-state index contributed by atoms with van der Waals surface area (Å²) in [6, 6.07) is 1.28. The van der Waals surface area contributed by atoms with Crippen LogP contribution in [0, 0.1) is 0 Å². The van der Waals surface area contributed by atoms with Crippen LogP contribution in [-0.4, -0.2) is 37.3 Å². The fraction of sp³-hybridized carbons (Fsp3) is 1.00. The lowest BCUT2D eigenvalue weighted by molar-refractivity contribution is 0.154. The SMILES string of the molecule is CCC(COC)NC1CCC(SC)CC1. The minimum Gasteiger partial charge on any atom is -0.383 e. The Balaban J connectivity index is 2.21. The molecular formula is C12H25NOS. The first-order valence-corrected chi connectivity index (χ1v) is 7.36.